The molecule has 0 aliphatic heterocycles. The number of rotatable bonds is 7. The third kappa shape index (κ3) is 5.52. The van der Waals surface area contributed by atoms with Crippen molar-refractivity contribution >= 4 is 15.5 Å². The second-order valence-electron chi connectivity index (χ2n) is 6.42. The van der Waals surface area contributed by atoms with Crippen molar-refractivity contribution < 1.29 is 0 Å². The van der Waals surface area contributed by atoms with Gasteiger partial charge in [0, 0.05) is 0 Å². The summed E-state index contributed by atoms with van der Waals surface area (Å²) in [5.74, 6) is 0. The fraction of sp³-hybridized carbons (Fsp3) is 0.368. The summed E-state index contributed by atoms with van der Waals surface area (Å²) in [6.45, 7) is 7.44. The summed E-state index contributed by atoms with van der Waals surface area (Å²) in [4.78, 5) is 0. The molecule has 0 heterocycles. The normalized spacial score (nSPS) is 10.2. The Morgan fingerprint density at radius 3 is 1.81 bits per heavy atom. The van der Waals surface area contributed by atoms with Gasteiger partial charge in [0.15, 0.2) is 0 Å². The average molecular weight is 273 g/mol. The van der Waals surface area contributed by atoms with E-state index in [0.29, 0.717) is 6.71 Å². The minimum absolute atomic E-state index is 0.689. The van der Waals surface area contributed by atoms with Crippen molar-refractivity contribution in [2.24, 2.45) is 0 Å². The molecule has 0 saturated carbocycles. The van der Waals surface area contributed by atoms with Crippen LogP contribution < -0.4 is 0 Å². The molecule has 0 radical (unpaired) electrons. The second kappa shape index (κ2) is 8.20. The molecule has 0 aliphatic rings. The van der Waals surface area contributed by atoms with Crippen LogP contribution in [0.1, 0.15) is 29.2 Å². The number of aryl methyl sites for hydroxylation is 1. The van der Waals surface area contributed by atoms with Gasteiger partial charge in [-0.25, -0.2) is 0 Å². The van der Waals surface area contributed by atoms with Gasteiger partial charge >= 0.3 is 125 Å². The van der Waals surface area contributed by atoms with Gasteiger partial charge in [0.2, 0.25) is 0 Å². The van der Waals surface area contributed by atoms with Gasteiger partial charge in [-0.2, -0.15) is 0 Å². The monoisotopic (exact) mass is 273 g/mol. The predicted octanol–water partition coefficient (Wildman–Crippen LogP) is 4.63. The Morgan fingerprint density at radius 1 is 0.810 bits per heavy atom. The third-order valence-corrected chi connectivity index (χ3v) is 4.13. The molecule has 21 heavy (non-hydrogen) atoms. The van der Waals surface area contributed by atoms with Gasteiger partial charge in [-0.15, -0.1) is 0 Å². The number of benzene rings is 2. The maximum atomic E-state index is 2.35. The molecule has 2 heteroatoms. The van der Waals surface area contributed by atoms with Crippen LogP contribution in [-0.4, -0.2) is 15.5 Å². The van der Waals surface area contributed by atoms with Crippen LogP contribution in [0.5, 0.6) is 0 Å². The fourth-order valence-corrected chi connectivity index (χ4v) is 2.82. The van der Waals surface area contributed by atoms with E-state index in [9.17, 15) is 0 Å². The van der Waals surface area contributed by atoms with E-state index in [1.807, 2.05) is 0 Å². The van der Waals surface area contributed by atoms with E-state index in [1.165, 1.54) is 49.6 Å². The zero-order chi connectivity index (χ0) is 15.1. The molecule has 0 bridgehead atoms. The number of hydrogen-bond donors (Lipinski definition) is 0. The summed E-state index contributed by atoms with van der Waals surface area (Å²) in [6, 6.07) is 18.2. The molecule has 0 aromatic heterocycles. The van der Waals surface area contributed by atoms with Gasteiger partial charge in [0.25, 0.3) is 0 Å². The minimum atomic E-state index is 0.689. The Kier molecular flexibility index (Phi) is 6.27. The van der Waals surface area contributed by atoms with Crippen molar-refractivity contribution in [1.29, 1.82) is 0 Å². The van der Waals surface area contributed by atoms with E-state index in [2.05, 4.69) is 69.2 Å². The standard InChI is InChI=1S/C17H20B.C2H5.Be/c1-14-4-8-16(9-5-14)12-18(3)13-17-10-6-15(2)7-11-17;1-2;/h4-11H,1,12-13H2,2-3H3;1H2,2H3;. The van der Waals surface area contributed by atoms with Crippen molar-refractivity contribution in [3.8, 4) is 0 Å². The zero-order valence-corrected chi connectivity index (χ0v) is 13.7. The first kappa shape index (κ1) is 16.1. The molecule has 0 fully saturated rings. The van der Waals surface area contributed by atoms with Gasteiger partial charge < -0.3 is 0 Å². The second-order valence-corrected chi connectivity index (χ2v) is 6.42. The van der Waals surface area contributed by atoms with E-state index in [0.717, 1.165) is 6.32 Å². The zero-order valence-electron chi connectivity index (χ0n) is 13.7. The van der Waals surface area contributed by atoms with E-state index in [1.54, 1.807) is 0 Å². The molecule has 2 aromatic carbocycles. The van der Waals surface area contributed by atoms with Gasteiger partial charge in [0.05, 0.1) is 0 Å². The Morgan fingerprint density at radius 2 is 1.29 bits per heavy atom. The fourth-order valence-electron chi connectivity index (χ4n) is 2.82. The van der Waals surface area contributed by atoms with Gasteiger partial charge in [0.1, 0.15) is 0 Å². The van der Waals surface area contributed by atoms with Crippen LogP contribution in [0.15, 0.2) is 48.5 Å². The predicted molar refractivity (Wildman–Crippen MR) is 96.6 cm³/mol. The van der Waals surface area contributed by atoms with E-state index in [-0.39, 0.29) is 0 Å². The molecule has 106 valence electrons. The quantitative estimate of drug-likeness (QED) is 0.645. The van der Waals surface area contributed by atoms with Gasteiger partial charge in [-0.1, -0.05) is 0 Å². The van der Waals surface area contributed by atoms with E-state index < -0.39 is 0 Å². The molecule has 0 saturated heterocycles. The molecular weight excluding hydrogens is 248 g/mol. The molecular formula is C19H25BBe. The van der Waals surface area contributed by atoms with Crippen LogP contribution in [0, 0.1) is 6.92 Å². The van der Waals surface area contributed by atoms with Crippen molar-refractivity contribution in [1.82, 2.24) is 0 Å². The molecule has 0 amide bonds. The Hall–Kier alpha value is -1.33. The molecule has 0 N–H and O–H groups in total. The van der Waals surface area contributed by atoms with Crippen LogP contribution >= 0.6 is 0 Å². The molecule has 0 aliphatic carbocycles. The molecule has 0 atom stereocenters. The SMILES string of the molecule is C[CH2][Be][CH2]c1ccc(CB(C)Cc2ccc(C)cc2)cc1. The van der Waals surface area contributed by atoms with Crippen molar-refractivity contribution in [3.05, 3.63) is 70.8 Å². The van der Waals surface area contributed by atoms with Gasteiger partial charge in [-0.05, 0) is 6.92 Å². The average Bonchev–Trinajstić information content (AvgIpc) is 2.49. The Balaban J connectivity index is 1.87. The van der Waals surface area contributed by atoms with Crippen LogP contribution in [0.4, 0.5) is 0 Å². The maximum absolute atomic E-state index is 2.35. The molecule has 0 spiro atoms. The first-order valence-electron chi connectivity index (χ1n) is 8.30. The van der Waals surface area contributed by atoms with Crippen molar-refractivity contribution in [2.45, 2.75) is 45.6 Å². The van der Waals surface area contributed by atoms with E-state index >= 15 is 0 Å². The first-order valence-corrected chi connectivity index (χ1v) is 8.30. The molecule has 2 aromatic rings. The Bertz CT molecular complexity index is 530. The molecule has 2 rings (SSSR count). The summed E-state index contributed by atoms with van der Waals surface area (Å²) in [5, 5.41) is 0. The first-order chi connectivity index (χ1) is 10.2. The summed E-state index contributed by atoms with van der Waals surface area (Å²) in [7, 11) is 1.29. The third-order valence-electron chi connectivity index (χ3n) is 4.13. The van der Waals surface area contributed by atoms with Crippen LogP contribution in [-0.2, 0) is 18.8 Å². The van der Waals surface area contributed by atoms with Gasteiger partial charge in [-0.3, -0.25) is 0 Å². The summed E-state index contributed by atoms with van der Waals surface area (Å²) < 4.78 is 0. The molecule has 0 unspecified atom stereocenters. The van der Waals surface area contributed by atoms with Crippen LogP contribution in [0.25, 0.3) is 0 Å². The number of hydrogen-bond acceptors (Lipinski definition) is 0. The van der Waals surface area contributed by atoms with Crippen LogP contribution in [0.2, 0.25) is 13.0 Å². The topological polar surface area (TPSA) is 0 Å². The van der Waals surface area contributed by atoms with Crippen molar-refractivity contribution in [3.63, 3.8) is 0 Å². The Labute approximate surface area is 132 Å². The summed E-state index contributed by atoms with van der Waals surface area (Å²) >= 11 is 0. The van der Waals surface area contributed by atoms with Crippen LogP contribution in [0.3, 0.4) is 0 Å². The molecule has 0 nitrogen and oxygen atoms in total. The van der Waals surface area contributed by atoms with Crippen molar-refractivity contribution in [2.75, 3.05) is 0 Å². The summed E-state index contributed by atoms with van der Waals surface area (Å²) in [5.41, 5.74) is 5.74. The summed E-state index contributed by atoms with van der Waals surface area (Å²) in [6.07, 6.45) is 4.82. The van der Waals surface area contributed by atoms with E-state index in [4.69, 9.17) is 0 Å².